The van der Waals surface area contributed by atoms with Gasteiger partial charge in [0.05, 0.1) is 12.7 Å². The van der Waals surface area contributed by atoms with Gasteiger partial charge in [-0.2, -0.15) is 0 Å². The second-order valence-electron chi connectivity index (χ2n) is 10.3. The van der Waals surface area contributed by atoms with Crippen molar-refractivity contribution < 1.29 is 4.74 Å². The molecule has 8 nitrogen and oxygen atoms in total. The summed E-state index contributed by atoms with van der Waals surface area (Å²) in [6, 6.07) is 17.6. The maximum Gasteiger partial charge on any atom is 0.260 e. The van der Waals surface area contributed by atoms with Crippen LogP contribution in [0.2, 0.25) is 5.02 Å². The largest absolute Gasteiger partial charge is 0.371 e. The number of ether oxygens (including phenoxy) is 1. The molecule has 42 heavy (non-hydrogen) atoms. The number of anilines is 1. The maximum absolute atomic E-state index is 13.8. The van der Waals surface area contributed by atoms with E-state index in [0.717, 1.165) is 52.9 Å². The zero-order valence-electron chi connectivity index (χ0n) is 23.7. The molecule has 0 radical (unpaired) electrons. The standard InChI is InChI=1S/C33H33ClN6O2/c1-3-21-6-7-24-18-27(26-13-10-23(19-28(26)34)30-36-14-5-15-37-30)33(41)40(4-2)32(24)39-31(21)38-25-11-8-22(9-12-25)29-20-35-16-17-42-29/h5,7-15,18-19,29,35,38H,3-4,6,16-17,20H2,1-2H3. The van der Waals surface area contributed by atoms with Crippen LogP contribution < -0.4 is 26.9 Å². The average molecular weight is 581 g/mol. The second-order valence-corrected chi connectivity index (χ2v) is 10.7. The Hall–Kier alpha value is -4.11. The summed E-state index contributed by atoms with van der Waals surface area (Å²) < 4.78 is 7.62. The normalized spacial score (nSPS) is 16.7. The average Bonchev–Trinajstić information content (AvgIpc) is 3.20. The molecule has 9 heteroatoms. The van der Waals surface area contributed by atoms with Gasteiger partial charge in [-0.15, -0.1) is 0 Å². The van der Waals surface area contributed by atoms with E-state index in [-0.39, 0.29) is 11.7 Å². The third-order valence-electron chi connectivity index (χ3n) is 7.71. The SMILES string of the molecule is CCC1=C(Nc2ccc(C3CNCCO3)cc2)N=c2c(cc(-c3ccc(-c4ncccn4)cc3Cl)c(=O)n2CC)=CC1. The summed E-state index contributed by atoms with van der Waals surface area (Å²) in [4.78, 5) is 27.5. The van der Waals surface area contributed by atoms with Gasteiger partial charge in [-0.1, -0.05) is 48.9 Å². The first kappa shape index (κ1) is 28.0. The van der Waals surface area contributed by atoms with E-state index in [1.54, 1.807) is 23.0 Å². The van der Waals surface area contributed by atoms with E-state index >= 15 is 0 Å². The number of nitrogens with one attached hydrogen (secondary N) is 2. The van der Waals surface area contributed by atoms with E-state index in [2.05, 4.69) is 57.9 Å². The van der Waals surface area contributed by atoms with Crippen molar-refractivity contribution in [2.45, 2.75) is 39.3 Å². The Morgan fingerprint density at radius 3 is 2.57 bits per heavy atom. The Labute approximate surface area is 249 Å². The number of halogens is 1. The third kappa shape index (κ3) is 5.66. The van der Waals surface area contributed by atoms with Crippen LogP contribution in [-0.4, -0.2) is 34.2 Å². The van der Waals surface area contributed by atoms with Crippen molar-refractivity contribution in [2.24, 2.45) is 4.99 Å². The van der Waals surface area contributed by atoms with Gasteiger partial charge in [-0.25, -0.2) is 15.0 Å². The van der Waals surface area contributed by atoms with Gasteiger partial charge in [-0.3, -0.25) is 9.36 Å². The van der Waals surface area contributed by atoms with Crippen LogP contribution in [0.1, 0.15) is 38.4 Å². The number of allylic oxidation sites excluding steroid dienone is 1. The molecule has 1 fully saturated rings. The van der Waals surface area contributed by atoms with Crippen LogP contribution in [0, 0.1) is 0 Å². The molecule has 2 N–H and O–H groups in total. The fourth-order valence-electron chi connectivity index (χ4n) is 5.40. The van der Waals surface area contributed by atoms with Crippen molar-refractivity contribution in [1.29, 1.82) is 0 Å². The van der Waals surface area contributed by atoms with Gasteiger partial charge >= 0.3 is 0 Å². The summed E-state index contributed by atoms with van der Waals surface area (Å²) in [5.41, 5.74) is 5.75. The molecule has 2 aliphatic heterocycles. The van der Waals surface area contributed by atoms with Crippen molar-refractivity contribution in [3.05, 3.63) is 110 Å². The maximum atomic E-state index is 13.8. The molecule has 2 aromatic carbocycles. The van der Waals surface area contributed by atoms with E-state index in [1.165, 1.54) is 0 Å². The molecule has 1 saturated heterocycles. The number of aromatic nitrogens is 3. The van der Waals surface area contributed by atoms with Gasteiger partial charge in [0, 0.05) is 64.6 Å². The minimum atomic E-state index is -0.135. The second kappa shape index (κ2) is 12.4. The predicted octanol–water partition coefficient (Wildman–Crippen LogP) is 4.84. The number of hydrogen-bond donors (Lipinski definition) is 2. The van der Waals surface area contributed by atoms with Crippen molar-refractivity contribution >= 4 is 23.4 Å². The molecule has 2 aliphatic rings. The van der Waals surface area contributed by atoms with Crippen LogP contribution in [0.15, 0.2) is 88.2 Å². The monoisotopic (exact) mass is 580 g/mol. The lowest BCUT2D eigenvalue weighted by Crippen LogP contribution is -2.43. The Kier molecular flexibility index (Phi) is 8.28. The lowest BCUT2D eigenvalue weighted by molar-refractivity contribution is 0.0277. The Morgan fingerprint density at radius 2 is 1.88 bits per heavy atom. The molecule has 4 heterocycles. The quantitative estimate of drug-likeness (QED) is 0.325. The fraction of sp³-hybridized carbons (Fsp3) is 0.273. The molecule has 0 spiro atoms. The molecule has 0 bridgehead atoms. The van der Waals surface area contributed by atoms with Crippen LogP contribution in [0.3, 0.4) is 0 Å². The molecular weight excluding hydrogens is 548 g/mol. The van der Waals surface area contributed by atoms with E-state index in [0.29, 0.717) is 47.0 Å². The van der Waals surface area contributed by atoms with Gasteiger partial charge < -0.3 is 15.4 Å². The van der Waals surface area contributed by atoms with Gasteiger partial charge in [0.2, 0.25) is 0 Å². The first-order chi connectivity index (χ1) is 20.6. The van der Waals surface area contributed by atoms with E-state index in [4.69, 9.17) is 21.3 Å². The van der Waals surface area contributed by atoms with Crippen LogP contribution >= 0.6 is 11.6 Å². The smallest absolute Gasteiger partial charge is 0.260 e. The zero-order chi connectivity index (χ0) is 29.1. The zero-order valence-corrected chi connectivity index (χ0v) is 24.5. The molecule has 214 valence electrons. The minimum Gasteiger partial charge on any atom is -0.371 e. The summed E-state index contributed by atoms with van der Waals surface area (Å²) >= 11 is 6.75. The third-order valence-corrected chi connectivity index (χ3v) is 8.02. The predicted molar refractivity (Wildman–Crippen MR) is 167 cm³/mol. The molecule has 1 unspecified atom stereocenters. The lowest BCUT2D eigenvalue weighted by atomic mass is 10.0. The highest BCUT2D eigenvalue weighted by Crippen LogP contribution is 2.29. The van der Waals surface area contributed by atoms with Crippen molar-refractivity contribution in [1.82, 2.24) is 19.9 Å². The number of rotatable bonds is 7. The Bertz CT molecular complexity index is 1810. The first-order valence-electron chi connectivity index (χ1n) is 14.4. The summed E-state index contributed by atoms with van der Waals surface area (Å²) in [6.07, 6.45) is 7.14. The Morgan fingerprint density at radius 1 is 1.07 bits per heavy atom. The van der Waals surface area contributed by atoms with Gasteiger partial charge in [0.25, 0.3) is 5.56 Å². The number of pyridine rings is 1. The summed E-state index contributed by atoms with van der Waals surface area (Å²) in [5, 5.41) is 8.28. The summed E-state index contributed by atoms with van der Waals surface area (Å²) in [7, 11) is 0. The summed E-state index contributed by atoms with van der Waals surface area (Å²) in [6.45, 7) is 6.97. The topological polar surface area (TPSA) is 93.4 Å². The number of fused-ring (bicyclic) bond motifs is 1. The van der Waals surface area contributed by atoms with Gasteiger partial charge in [0.1, 0.15) is 11.3 Å². The first-order valence-corrected chi connectivity index (χ1v) is 14.7. The van der Waals surface area contributed by atoms with Crippen LogP contribution in [0.5, 0.6) is 0 Å². The highest BCUT2D eigenvalue weighted by molar-refractivity contribution is 6.33. The van der Waals surface area contributed by atoms with E-state index < -0.39 is 0 Å². The van der Waals surface area contributed by atoms with E-state index in [9.17, 15) is 4.79 Å². The van der Waals surface area contributed by atoms with Gasteiger partial charge in [0.15, 0.2) is 5.82 Å². The fourth-order valence-corrected chi connectivity index (χ4v) is 5.68. The number of morpholine rings is 1. The number of benzene rings is 2. The molecule has 1 atom stereocenters. The molecule has 4 aromatic rings. The molecule has 0 aliphatic carbocycles. The van der Waals surface area contributed by atoms with Crippen LogP contribution in [0.4, 0.5) is 5.69 Å². The minimum absolute atomic E-state index is 0.0619. The Balaban J connectivity index is 1.37. The number of hydrogen-bond acceptors (Lipinski definition) is 7. The highest BCUT2D eigenvalue weighted by atomic mass is 35.5. The molecule has 6 rings (SSSR count). The number of nitrogens with zero attached hydrogens (tertiary/aromatic N) is 4. The van der Waals surface area contributed by atoms with E-state index in [1.807, 2.05) is 31.2 Å². The molecule has 0 amide bonds. The van der Waals surface area contributed by atoms with Crippen molar-refractivity contribution in [3.63, 3.8) is 0 Å². The molecule has 2 aromatic heterocycles. The highest BCUT2D eigenvalue weighted by Gasteiger charge is 2.18. The summed E-state index contributed by atoms with van der Waals surface area (Å²) in [5.74, 6) is 1.36. The van der Waals surface area contributed by atoms with Crippen molar-refractivity contribution in [3.8, 4) is 22.5 Å². The molecule has 0 saturated carbocycles. The van der Waals surface area contributed by atoms with Crippen molar-refractivity contribution in [2.75, 3.05) is 25.0 Å². The molecular formula is C33H33ClN6O2. The van der Waals surface area contributed by atoms with Crippen LogP contribution in [0.25, 0.3) is 28.6 Å². The van der Waals surface area contributed by atoms with Crippen LogP contribution in [-0.2, 0) is 11.3 Å². The lowest BCUT2D eigenvalue weighted by Gasteiger charge is -2.24. The van der Waals surface area contributed by atoms with Gasteiger partial charge in [-0.05, 0) is 61.2 Å².